The van der Waals surface area contributed by atoms with Crippen LogP contribution >= 0.6 is 0 Å². The topological polar surface area (TPSA) is 78.7 Å². The normalized spacial score (nSPS) is 20.0. The number of nitro benzene ring substituents is 1. The van der Waals surface area contributed by atoms with Crippen molar-refractivity contribution in [2.24, 2.45) is 11.8 Å². The Morgan fingerprint density at radius 1 is 1.19 bits per heavy atom. The molecule has 0 unspecified atom stereocenters. The van der Waals surface area contributed by atoms with E-state index < -0.39 is 0 Å². The van der Waals surface area contributed by atoms with E-state index >= 15 is 0 Å². The molecule has 32 heavy (non-hydrogen) atoms. The lowest BCUT2D eigenvalue weighted by atomic mass is 9.83. The molecule has 0 aliphatic carbocycles. The summed E-state index contributed by atoms with van der Waals surface area (Å²) in [6.07, 6.45) is 1.46. The predicted octanol–water partition coefficient (Wildman–Crippen LogP) is 3.93. The molecule has 0 saturated carbocycles. The minimum Gasteiger partial charge on any atom is -0.368 e. The fraction of sp³-hybridized carbons (Fsp3) is 0.480. The number of amides is 1. The van der Waals surface area contributed by atoms with Crippen LogP contribution < -0.4 is 15.1 Å². The molecule has 0 aromatic heterocycles. The van der Waals surface area contributed by atoms with Crippen LogP contribution in [0.1, 0.15) is 31.4 Å². The van der Waals surface area contributed by atoms with Gasteiger partial charge >= 0.3 is 0 Å². The fourth-order valence-corrected chi connectivity index (χ4v) is 4.83. The third-order valence-electron chi connectivity index (χ3n) is 6.66. The number of piperazine rings is 1. The molecule has 1 amide bonds. The van der Waals surface area contributed by atoms with Gasteiger partial charge < -0.3 is 15.1 Å². The van der Waals surface area contributed by atoms with Crippen LogP contribution in [0.3, 0.4) is 0 Å². The lowest BCUT2D eigenvalue weighted by Crippen LogP contribution is -2.61. The van der Waals surface area contributed by atoms with E-state index in [1.165, 1.54) is 11.3 Å². The molecule has 2 aromatic carbocycles. The first-order chi connectivity index (χ1) is 15.3. The second-order valence-corrected chi connectivity index (χ2v) is 9.40. The maximum absolute atomic E-state index is 13.3. The zero-order chi connectivity index (χ0) is 22.8. The maximum atomic E-state index is 13.3. The van der Waals surface area contributed by atoms with Gasteiger partial charge in [-0.25, -0.2) is 0 Å². The highest BCUT2D eigenvalue weighted by atomic mass is 16.6. The summed E-state index contributed by atoms with van der Waals surface area (Å²) in [6, 6.07) is 13.6. The minimum absolute atomic E-state index is 0.0260. The van der Waals surface area contributed by atoms with E-state index in [0.29, 0.717) is 18.9 Å². The van der Waals surface area contributed by atoms with Crippen molar-refractivity contribution < 1.29 is 9.72 Å². The van der Waals surface area contributed by atoms with E-state index in [1.54, 1.807) is 12.1 Å². The first-order valence-electron chi connectivity index (χ1n) is 11.5. The van der Waals surface area contributed by atoms with E-state index in [4.69, 9.17) is 0 Å². The molecule has 1 saturated heterocycles. The van der Waals surface area contributed by atoms with Crippen molar-refractivity contribution in [1.82, 2.24) is 5.32 Å². The molecule has 2 atom stereocenters. The molecule has 170 valence electrons. The SMILES string of the molecule is Cc1ccc(N2CCN3c4ccc([N+](=O)[O-])cc4C[C@H](C(=O)NCCC(C)C)[C@H]3C2)cc1. The van der Waals surface area contributed by atoms with Gasteiger partial charge in [0.25, 0.3) is 5.69 Å². The number of rotatable bonds is 6. The fourth-order valence-electron chi connectivity index (χ4n) is 4.83. The van der Waals surface area contributed by atoms with Gasteiger partial charge in [-0.1, -0.05) is 31.5 Å². The van der Waals surface area contributed by atoms with Crippen molar-refractivity contribution in [3.8, 4) is 0 Å². The van der Waals surface area contributed by atoms with Gasteiger partial charge in [0.2, 0.25) is 5.91 Å². The number of non-ortho nitro benzene ring substituents is 1. The summed E-state index contributed by atoms with van der Waals surface area (Å²) in [4.78, 5) is 28.9. The van der Waals surface area contributed by atoms with Crippen LogP contribution in [0.5, 0.6) is 0 Å². The van der Waals surface area contributed by atoms with Gasteiger partial charge in [0.15, 0.2) is 0 Å². The molecule has 0 spiro atoms. The molecule has 0 bridgehead atoms. The number of fused-ring (bicyclic) bond motifs is 3. The lowest BCUT2D eigenvalue weighted by Gasteiger charge is -2.49. The predicted molar refractivity (Wildman–Crippen MR) is 127 cm³/mol. The summed E-state index contributed by atoms with van der Waals surface area (Å²) in [5, 5.41) is 14.4. The molecule has 2 heterocycles. The second kappa shape index (κ2) is 9.18. The Morgan fingerprint density at radius 2 is 1.94 bits per heavy atom. The van der Waals surface area contributed by atoms with Gasteiger partial charge in [0.1, 0.15) is 0 Å². The number of nitrogens with one attached hydrogen (secondary N) is 1. The highest BCUT2D eigenvalue weighted by Crippen LogP contribution is 2.38. The van der Waals surface area contributed by atoms with Gasteiger partial charge in [-0.15, -0.1) is 0 Å². The Balaban J connectivity index is 1.62. The molecule has 7 heteroatoms. The molecular weight excluding hydrogens is 404 g/mol. The minimum atomic E-state index is -0.362. The second-order valence-electron chi connectivity index (χ2n) is 9.40. The molecule has 0 radical (unpaired) electrons. The van der Waals surface area contributed by atoms with Gasteiger partial charge in [0.05, 0.1) is 16.9 Å². The van der Waals surface area contributed by atoms with Gasteiger partial charge in [-0.3, -0.25) is 14.9 Å². The number of benzene rings is 2. The van der Waals surface area contributed by atoms with Crippen molar-refractivity contribution in [3.05, 3.63) is 63.7 Å². The number of aryl methyl sites for hydroxylation is 1. The molecule has 4 rings (SSSR count). The largest absolute Gasteiger partial charge is 0.368 e. The Morgan fingerprint density at radius 3 is 2.62 bits per heavy atom. The van der Waals surface area contributed by atoms with Crippen molar-refractivity contribution in [3.63, 3.8) is 0 Å². The number of carbonyl (C=O) groups is 1. The summed E-state index contributed by atoms with van der Waals surface area (Å²) < 4.78 is 0. The zero-order valence-electron chi connectivity index (χ0n) is 19.1. The highest BCUT2D eigenvalue weighted by molar-refractivity contribution is 5.82. The number of anilines is 2. The van der Waals surface area contributed by atoms with Crippen LogP contribution in [0.2, 0.25) is 0 Å². The van der Waals surface area contributed by atoms with Gasteiger partial charge in [-0.05, 0) is 49.4 Å². The van der Waals surface area contributed by atoms with Crippen LogP contribution in [0, 0.1) is 28.9 Å². The van der Waals surface area contributed by atoms with E-state index in [1.807, 2.05) is 6.07 Å². The molecule has 7 nitrogen and oxygen atoms in total. The summed E-state index contributed by atoms with van der Waals surface area (Å²) >= 11 is 0. The molecule has 1 fully saturated rings. The van der Waals surface area contributed by atoms with Gasteiger partial charge in [-0.2, -0.15) is 0 Å². The third kappa shape index (κ3) is 4.56. The Hall–Kier alpha value is -3.09. The van der Waals surface area contributed by atoms with E-state index in [0.717, 1.165) is 37.3 Å². The van der Waals surface area contributed by atoms with Crippen LogP contribution in [0.15, 0.2) is 42.5 Å². The highest BCUT2D eigenvalue weighted by Gasteiger charge is 2.42. The van der Waals surface area contributed by atoms with Crippen molar-refractivity contribution in [1.29, 1.82) is 0 Å². The Kier molecular flexibility index (Phi) is 6.35. The summed E-state index contributed by atoms with van der Waals surface area (Å²) in [5.74, 6) is 0.321. The molecular formula is C25H32N4O3. The first-order valence-corrected chi connectivity index (χ1v) is 11.5. The van der Waals surface area contributed by atoms with E-state index in [9.17, 15) is 14.9 Å². The maximum Gasteiger partial charge on any atom is 0.269 e. The first kappa shape index (κ1) is 22.1. The summed E-state index contributed by atoms with van der Waals surface area (Å²) in [5.41, 5.74) is 4.39. The Bertz CT molecular complexity index is 989. The van der Waals surface area contributed by atoms with E-state index in [-0.39, 0.29) is 28.5 Å². The lowest BCUT2D eigenvalue weighted by molar-refractivity contribution is -0.384. The van der Waals surface area contributed by atoms with Crippen molar-refractivity contribution >= 4 is 23.0 Å². The number of nitro groups is 1. The Labute approximate surface area is 189 Å². The van der Waals surface area contributed by atoms with Crippen LogP contribution in [0.4, 0.5) is 17.1 Å². The summed E-state index contributed by atoms with van der Waals surface area (Å²) in [7, 11) is 0. The average molecular weight is 437 g/mol. The van der Waals surface area contributed by atoms with Crippen LogP contribution in [-0.4, -0.2) is 43.1 Å². The smallest absolute Gasteiger partial charge is 0.269 e. The number of hydrogen-bond donors (Lipinski definition) is 1. The number of hydrogen-bond acceptors (Lipinski definition) is 5. The van der Waals surface area contributed by atoms with Crippen molar-refractivity contribution in [2.75, 3.05) is 36.0 Å². The number of carbonyl (C=O) groups excluding carboxylic acids is 1. The standard InChI is InChI=1S/C25H32N4O3/c1-17(2)10-11-26-25(30)22-15-19-14-21(29(31)32)8-9-23(19)28-13-12-27(16-24(22)28)20-6-4-18(3)5-7-20/h4-9,14,17,22,24H,10-13,15-16H2,1-3H3,(H,26,30)/t22-,24+/m0/s1. The quantitative estimate of drug-likeness (QED) is 0.548. The molecule has 2 aliphatic heterocycles. The van der Waals surface area contributed by atoms with E-state index in [2.05, 4.69) is 60.2 Å². The van der Waals surface area contributed by atoms with Crippen LogP contribution in [0.25, 0.3) is 0 Å². The van der Waals surface area contributed by atoms with Crippen LogP contribution in [-0.2, 0) is 11.2 Å². The summed E-state index contributed by atoms with van der Waals surface area (Å²) in [6.45, 7) is 9.40. The molecule has 1 N–H and O–H groups in total. The monoisotopic (exact) mass is 436 g/mol. The molecule has 2 aliphatic rings. The zero-order valence-corrected chi connectivity index (χ0v) is 19.1. The van der Waals surface area contributed by atoms with Gasteiger partial charge in [0, 0.05) is 49.7 Å². The molecule has 2 aromatic rings. The third-order valence-corrected chi connectivity index (χ3v) is 6.66. The number of nitrogens with zero attached hydrogens (tertiary/aromatic N) is 3. The average Bonchev–Trinajstić information content (AvgIpc) is 2.77. The van der Waals surface area contributed by atoms with Crippen molar-refractivity contribution in [2.45, 2.75) is 39.7 Å².